The van der Waals surface area contributed by atoms with Gasteiger partial charge in [-0.3, -0.25) is 4.79 Å². The number of rotatable bonds is 12. The van der Waals surface area contributed by atoms with Gasteiger partial charge in [0.05, 0.1) is 18.8 Å². The average Bonchev–Trinajstić information content (AvgIpc) is 3.07. The van der Waals surface area contributed by atoms with Crippen LogP contribution in [0.15, 0.2) is 66.9 Å². The second kappa shape index (κ2) is 16.4. The van der Waals surface area contributed by atoms with Crippen molar-refractivity contribution < 1.29 is 33.6 Å². The minimum atomic E-state index is -1.42. The van der Waals surface area contributed by atoms with E-state index in [0.29, 0.717) is 11.8 Å². The highest BCUT2D eigenvalue weighted by Crippen LogP contribution is 2.41. The minimum absolute atomic E-state index is 0.0325. The second-order valence-electron chi connectivity index (χ2n) is 14.0. The maximum absolute atomic E-state index is 13.8. The van der Waals surface area contributed by atoms with Crippen LogP contribution in [0.1, 0.15) is 95.8 Å². The molecule has 9 nitrogen and oxygen atoms in total. The summed E-state index contributed by atoms with van der Waals surface area (Å²) in [5.74, 6) is -1.00. The highest BCUT2D eigenvalue weighted by Gasteiger charge is 2.47. The molecule has 1 aromatic heterocycles. The summed E-state index contributed by atoms with van der Waals surface area (Å²) in [6.45, 7) is 6.20. The molecule has 260 valence electrons. The molecule has 1 amide bonds. The number of nitrogens with zero attached hydrogens (tertiary/aromatic N) is 2. The van der Waals surface area contributed by atoms with Crippen molar-refractivity contribution in [3.8, 4) is 0 Å². The molecule has 48 heavy (non-hydrogen) atoms. The van der Waals surface area contributed by atoms with E-state index in [9.17, 15) is 14.7 Å². The smallest absolute Gasteiger partial charge is 0.410 e. The number of carboxylic acids is 1. The molecule has 0 bridgehead atoms. The SMILES string of the molecule is CC(C)(C)OC(=O)N(CCC1(C(=O)O)C=CC(c2ccccc2)=CC1OC1CCCCC1)C[C@H](OC1CCCCO1)c1ccc(Cl)nc1. The molecule has 5 rings (SSSR count). The Balaban J connectivity index is 1.45. The Labute approximate surface area is 289 Å². The fourth-order valence-corrected chi connectivity index (χ4v) is 6.64. The molecule has 1 aliphatic heterocycles. The predicted molar refractivity (Wildman–Crippen MR) is 184 cm³/mol. The normalized spacial score (nSPS) is 24.0. The fraction of sp³-hybridized carbons (Fsp3) is 0.553. The summed E-state index contributed by atoms with van der Waals surface area (Å²) < 4.78 is 24.9. The lowest BCUT2D eigenvalue weighted by Gasteiger charge is -2.40. The lowest BCUT2D eigenvalue weighted by molar-refractivity contribution is -0.193. The van der Waals surface area contributed by atoms with Crippen molar-refractivity contribution in [1.29, 1.82) is 0 Å². The molecule has 1 aromatic carbocycles. The first-order valence-electron chi connectivity index (χ1n) is 17.2. The Kier molecular flexibility index (Phi) is 12.3. The summed E-state index contributed by atoms with van der Waals surface area (Å²) >= 11 is 6.11. The number of halogens is 1. The Morgan fingerprint density at radius 2 is 1.81 bits per heavy atom. The molecule has 0 radical (unpaired) electrons. The Morgan fingerprint density at radius 3 is 2.46 bits per heavy atom. The highest BCUT2D eigenvalue weighted by molar-refractivity contribution is 6.29. The number of carboxylic acid groups (broad SMARTS) is 1. The number of benzene rings is 1. The van der Waals surface area contributed by atoms with E-state index in [-0.39, 0.29) is 25.6 Å². The van der Waals surface area contributed by atoms with Gasteiger partial charge in [-0.15, -0.1) is 0 Å². The van der Waals surface area contributed by atoms with E-state index in [1.165, 1.54) is 0 Å². The highest BCUT2D eigenvalue weighted by atomic mass is 35.5. The van der Waals surface area contributed by atoms with E-state index in [1.54, 1.807) is 23.2 Å². The molecule has 2 aromatic rings. The van der Waals surface area contributed by atoms with Crippen LogP contribution < -0.4 is 0 Å². The minimum Gasteiger partial charge on any atom is -0.481 e. The van der Waals surface area contributed by atoms with Crippen LogP contribution in [0.25, 0.3) is 5.57 Å². The van der Waals surface area contributed by atoms with Crippen LogP contribution in [0.2, 0.25) is 5.15 Å². The third kappa shape index (κ3) is 9.68. The van der Waals surface area contributed by atoms with E-state index in [0.717, 1.165) is 68.1 Å². The zero-order valence-corrected chi connectivity index (χ0v) is 29.1. The van der Waals surface area contributed by atoms with Crippen LogP contribution in [-0.2, 0) is 23.7 Å². The molecular weight excluding hydrogens is 632 g/mol. The number of aromatic nitrogens is 1. The maximum Gasteiger partial charge on any atom is 0.410 e. The van der Waals surface area contributed by atoms with Crippen LogP contribution in [-0.4, -0.2) is 70.8 Å². The first-order valence-corrected chi connectivity index (χ1v) is 17.6. The quantitative estimate of drug-likeness (QED) is 0.223. The summed E-state index contributed by atoms with van der Waals surface area (Å²) in [7, 11) is 0. The van der Waals surface area contributed by atoms with Crippen LogP contribution in [0.3, 0.4) is 0 Å². The number of carbonyl (C=O) groups is 2. The van der Waals surface area contributed by atoms with Crippen molar-refractivity contribution in [3.05, 3.63) is 83.2 Å². The lowest BCUT2D eigenvalue weighted by atomic mass is 9.73. The summed E-state index contributed by atoms with van der Waals surface area (Å²) in [5.41, 5.74) is 0.437. The number of allylic oxidation sites excluding steroid dienone is 2. The van der Waals surface area contributed by atoms with Gasteiger partial charge in [0.15, 0.2) is 6.29 Å². The van der Waals surface area contributed by atoms with Crippen LogP contribution >= 0.6 is 11.6 Å². The van der Waals surface area contributed by atoms with Gasteiger partial charge < -0.3 is 29.0 Å². The number of hydrogen-bond donors (Lipinski definition) is 1. The van der Waals surface area contributed by atoms with Gasteiger partial charge in [-0.05, 0) is 82.6 Å². The van der Waals surface area contributed by atoms with Crippen LogP contribution in [0.5, 0.6) is 0 Å². The lowest BCUT2D eigenvalue weighted by Crippen LogP contribution is -2.48. The van der Waals surface area contributed by atoms with E-state index in [2.05, 4.69) is 4.98 Å². The van der Waals surface area contributed by atoms with E-state index >= 15 is 0 Å². The number of aliphatic carboxylic acids is 1. The second-order valence-corrected chi connectivity index (χ2v) is 14.4. The van der Waals surface area contributed by atoms with E-state index in [1.807, 2.05) is 69.3 Å². The number of hydrogen-bond acceptors (Lipinski definition) is 7. The van der Waals surface area contributed by atoms with Gasteiger partial charge in [-0.2, -0.15) is 0 Å². The monoisotopic (exact) mass is 680 g/mol. The molecule has 1 saturated carbocycles. The van der Waals surface area contributed by atoms with Gasteiger partial charge in [0.2, 0.25) is 0 Å². The van der Waals surface area contributed by atoms with Gasteiger partial charge in [-0.1, -0.05) is 79.4 Å². The molecule has 3 aliphatic rings. The fourth-order valence-electron chi connectivity index (χ4n) is 6.53. The molecule has 0 spiro atoms. The zero-order chi connectivity index (χ0) is 34.1. The van der Waals surface area contributed by atoms with Crippen molar-refractivity contribution in [2.24, 2.45) is 5.41 Å². The number of pyridine rings is 1. The van der Waals surface area contributed by atoms with Crippen molar-refractivity contribution in [3.63, 3.8) is 0 Å². The van der Waals surface area contributed by atoms with Crippen LogP contribution in [0.4, 0.5) is 4.79 Å². The largest absolute Gasteiger partial charge is 0.481 e. The summed E-state index contributed by atoms with van der Waals surface area (Å²) in [6, 6.07) is 13.4. The molecule has 2 fully saturated rings. The van der Waals surface area contributed by atoms with Crippen LogP contribution in [0, 0.1) is 5.41 Å². The number of amides is 1. The Hall–Kier alpha value is -3.24. The van der Waals surface area contributed by atoms with Gasteiger partial charge in [-0.25, -0.2) is 9.78 Å². The summed E-state index contributed by atoms with van der Waals surface area (Å²) in [4.78, 5) is 33.0. The topological polar surface area (TPSA) is 107 Å². The van der Waals surface area contributed by atoms with Gasteiger partial charge in [0.25, 0.3) is 0 Å². The molecule has 2 aliphatic carbocycles. The van der Waals surface area contributed by atoms with E-state index in [4.69, 9.17) is 30.5 Å². The molecule has 10 heteroatoms. The van der Waals surface area contributed by atoms with Crippen molar-refractivity contribution in [2.75, 3.05) is 19.7 Å². The zero-order valence-electron chi connectivity index (χ0n) is 28.3. The third-order valence-electron chi connectivity index (χ3n) is 9.20. The third-order valence-corrected chi connectivity index (χ3v) is 9.43. The van der Waals surface area contributed by atoms with Crippen molar-refractivity contribution >= 4 is 29.2 Å². The molecule has 1 saturated heterocycles. The standard InChI is InChI=1S/C38H49ClN2O7/c1-37(2,3)48-36(44)41(26-31(29-17-18-33(39)40-25-29)47-34-16-10-11-23-45-34)22-21-38(35(42)43)20-19-28(27-12-6-4-7-13-27)24-32(38)46-30-14-8-5-9-15-30/h4,6-7,12-13,17-20,24-25,30-32,34H,5,8-11,14-16,21-23,26H2,1-3H3,(H,42,43)/t31-,32?,34?,38?/m0/s1. The molecular formula is C38H49ClN2O7. The van der Waals surface area contributed by atoms with Crippen molar-refractivity contribution in [2.45, 2.75) is 109 Å². The first-order chi connectivity index (χ1) is 23.0. The number of carbonyl (C=O) groups excluding carboxylic acids is 1. The summed E-state index contributed by atoms with van der Waals surface area (Å²) in [6.07, 6.45) is 12.6. The molecule has 3 unspecified atom stereocenters. The maximum atomic E-state index is 13.8. The first kappa shape index (κ1) is 36.1. The molecule has 1 N–H and O–H groups in total. The van der Waals surface area contributed by atoms with Gasteiger partial charge >= 0.3 is 12.1 Å². The Morgan fingerprint density at radius 1 is 1.06 bits per heavy atom. The van der Waals surface area contributed by atoms with E-state index < -0.39 is 41.6 Å². The predicted octanol–water partition coefficient (Wildman–Crippen LogP) is 8.39. The average molecular weight is 681 g/mol. The van der Waals surface area contributed by atoms with Gasteiger partial charge in [0, 0.05) is 24.9 Å². The van der Waals surface area contributed by atoms with Crippen molar-refractivity contribution in [1.82, 2.24) is 9.88 Å². The molecule has 4 atom stereocenters. The summed E-state index contributed by atoms with van der Waals surface area (Å²) in [5, 5.41) is 11.3. The van der Waals surface area contributed by atoms with Gasteiger partial charge in [0.1, 0.15) is 22.3 Å². The Bertz CT molecular complexity index is 1410. The number of ether oxygens (including phenoxy) is 4. The molecule has 2 heterocycles.